The molecule has 1 N–H and O–H groups in total. The lowest BCUT2D eigenvalue weighted by Crippen LogP contribution is -1.94. The van der Waals surface area contributed by atoms with Crippen molar-refractivity contribution in [3.8, 4) is 0 Å². The molecule has 0 saturated heterocycles. The van der Waals surface area contributed by atoms with Gasteiger partial charge >= 0.3 is 10.1 Å². The van der Waals surface area contributed by atoms with E-state index in [0.717, 1.165) is 11.3 Å². The molecule has 0 aliphatic carbocycles. The fourth-order valence-electron chi connectivity index (χ4n) is 0.501. The van der Waals surface area contributed by atoms with Crippen molar-refractivity contribution in [1.29, 1.82) is 0 Å². The zero-order chi connectivity index (χ0) is 8.65. The van der Waals surface area contributed by atoms with Gasteiger partial charge < -0.3 is 0 Å². The van der Waals surface area contributed by atoms with Crippen LogP contribution in [-0.2, 0) is 10.1 Å². The molecular weight excluding hydrogens is 311 g/mol. The van der Waals surface area contributed by atoms with Crippen LogP contribution >= 0.6 is 51.3 Å². The Morgan fingerprint density at radius 3 is 2.25 bits per heavy atom. The highest BCUT2D eigenvalue weighted by atomic mass is 79.9. The van der Waals surface area contributed by atoms with Gasteiger partial charge in [0.05, 0.1) is 8.81 Å². The zero-order valence-electron chi connectivity index (χ0n) is 5.32. The number of hydrogen-bond acceptors (Lipinski definition) is 3. The minimum Gasteiger partial charge on any atom is -0.281 e. The molecule has 0 unspecified atom stereocenters. The summed E-state index contributed by atoms with van der Waals surface area (Å²) in [7, 11) is -4.13. The standard InChI is InChI=1S/C4H2BrClO3S2.ClH/c5-2-1-3(6)10-4(2)11(7,8)9;/h1H,(H,7,8,9);1H. The monoisotopic (exact) mass is 312 g/mol. The lowest BCUT2D eigenvalue weighted by Gasteiger charge is -1.89. The van der Waals surface area contributed by atoms with Gasteiger partial charge in [0.15, 0.2) is 4.21 Å². The van der Waals surface area contributed by atoms with Gasteiger partial charge in [-0.05, 0) is 22.0 Å². The van der Waals surface area contributed by atoms with E-state index in [1.807, 2.05) is 0 Å². The van der Waals surface area contributed by atoms with E-state index in [1.54, 1.807) is 0 Å². The average molecular weight is 314 g/mol. The van der Waals surface area contributed by atoms with Gasteiger partial charge in [0.1, 0.15) is 0 Å². The molecule has 0 fully saturated rings. The van der Waals surface area contributed by atoms with Gasteiger partial charge in [0.2, 0.25) is 0 Å². The molecule has 3 nitrogen and oxygen atoms in total. The van der Waals surface area contributed by atoms with Crippen LogP contribution in [0.15, 0.2) is 14.7 Å². The summed E-state index contributed by atoms with van der Waals surface area (Å²) < 4.78 is 30.1. The van der Waals surface area contributed by atoms with Crippen LogP contribution in [0.4, 0.5) is 0 Å². The number of hydrogen-bond donors (Lipinski definition) is 1. The van der Waals surface area contributed by atoms with Crippen LogP contribution < -0.4 is 0 Å². The molecule has 1 heterocycles. The van der Waals surface area contributed by atoms with E-state index in [-0.39, 0.29) is 21.1 Å². The molecule has 0 radical (unpaired) electrons. The van der Waals surface area contributed by atoms with E-state index in [2.05, 4.69) is 15.9 Å². The lowest BCUT2D eigenvalue weighted by molar-refractivity contribution is 0.485. The van der Waals surface area contributed by atoms with Crippen LogP contribution in [0, 0.1) is 0 Å². The average Bonchev–Trinajstić information content (AvgIpc) is 2.08. The second-order valence-corrected chi connectivity index (χ2v) is 5.82. The summed E-state index contributed by atoms with van der Waals surface area (Å²) in [6, 6.07) is 1.41. The van der Waals surface area contributed by atoms with E-state index < -0.39 is 10.1 Å². The molecule has 0 spiro atoms. The van der Waals surface area contributed by atoms with Crippen molar-refractivity contribution in [2.75, 3.05) is 0 Å². The van der Waals surface area contributed by atoms with Gasteiger partial charge in [0, 0.05) is 0 Å². The molecule has 0 saturated carbocycles. The van der Waals surface area contributed by atoms with Gasteiger partial charge in [-0.3, -0.25) is 4.55 Å². The van der Waals surface area contributed by atoms with E-state index in [9.17, 15) is 8.42 Å². The van der Waals surface area contributed by atoms with Crippen molar-refractivity contribution in [1.82, 2.24) is 0 Å². The Hall–Kier alpha value is 0.670. The van der Waals surface area contributed by atoms with Crippen LogP contribution in [0.5, 0.6) is 0 Å². The maximum absolute atomic E-state index is 10.5. The molecule has 12 heavy (non-hydrogen) atoms. The molecule has 0 aliphatic rings. The second kappa shape index (κ2) is 4.26. The topological polar surface area (TPSA) is 54.4 Å². The Balaban J connectivity index is 0.00000121. The number of rotatable bonds is 1. The zero-order valence-corrected chi connectivity index (χ0v) is 10.1. The number of halogens is 3. The maximum Gasteiger partial charge on any atom is 0.305 e. The predicted octanol–water partition coefficient (Wildman–Crippen LogP) is 2.83. The van der Waals surface area contributed by atoms with Crippen LogP contribution in [-0.4, -0.2) is 13.0 Å². The summed E-state index contributed by atoms with van der Waals surface area (Å²) in [5, 5.41) is 0. The van der Waals surface area contributed by atoms with Crippen LogP contribution in [0.2, 0.25) is 4.34 Å². The third kappa shape index (κ3) is 2.86. The van der Waals surface area contributed by atoms with Gasteiger partial charge in [-0.25, -0.2) is 0 Å². The quantitative estimate of drug-likeness (QED) is 0.811. The Morgan fingerprint density at radius 2 is 2.08 bits per heavy atom. The Morgan fingerprint density at radius 1 is 1.58 bits per heavy atom. The second-order valence-electron chi connectivity index (χ2n) is 1.66. The molecular formula is C4H3BrCl2O3S2. The van der Waals surface area contributed by atoms with E-state index in [4.69, 9.17) is 16.2 Å². The third-order valence-electron chi connectivity index (χ3n) is 0.860. The molecule has 1 aromatic heterocycles. The Bertz CT molecular complexity index is 372. The number of thiophene rings is 1. The van der Waals surface area contributed by atoms with E-state index >= 15 is 0 Å². The van der Waals surface area contributed by atoms with Gasteiger partial charge in [0.25, 0.3) is 0 Å². The SMILES string of the molecule is Cl.O=S(=O)(O)c1sc(Cl)cc1Br. The Kier molecular flexibility index (Phi) is 4.49. The lowest BCUT2D eigenvalue weighted by atomic mass is 10.7. The molecule has 0 atom stereocenters. The largest absolute Gasteiger partial charge is 0.305 e. The first-order chi connectivity index (χ1) is 4.91. The van der Waals surface area contributed by atoms with Crippen molar-refractivity contribution >= 4 is 61.4 Å². The molecule has 70 valence electrons. The fourth-order valence-corrected chi connectivity index (χ4v) is 3.85. The van der Waals surface area contributed by atoms with Crippen molar-refractivity contribution in [2.45, 2.75) is 4.21 Å². The van der Waals surface area contributed by atoms with Crippen molar-refractivity contribution in [3.63, 3.8) is 0 Å². The summed E-state index contributed by atoms with van der Waals surface area (Å²) >= 11 is 9.23. The van der Waals surface area contributed by atoms with Crippen LogP contribution in [0.1, 0.15) is 0 Å². The van der Waals surface area contributed by atoms with Gasteiger partial charge in [-0.2, -0.15) is 8.42 Å². The minimum absolute atomic E-state index is 0. The normalized spacial score (nSPS) is 10.9. The van der Waals surface area contributed by atoms with Crippen LogP contribution in [0.25, 0.3) is 0 Å². The highest BCUT2D eigenvalue weighted by molar-refractivity contribution is 9.10. The summed E-state index contributed by atoms with van der Waals surface area (Å²) in [6.45, 7) is 0. The highest BCUT2D eigenvalue weighted by Gasteiger charge is 2.17. The molecule has 0 aliphatic heterocycles. The first-order valence-corrected chi connectivity index (χ1v) is 5.76. The van der Waals surface area contributed by atoms with Crippen molar-refractivity contribution < 1.29 is 13.0 Å². The van der Waals surface area contributed by atoms with Crippen molar-refractivity contribution in [3.05, 3.63) is 14.9 Å². The molecule has 8 heteroatoms. The molecule has 1 rings (SSSR count). The highest BCUT2D eigenvalue weighted by Crippen LogP contribution is 2.33. The van der Waals surface area contributed by atoms with E-state index in [0.29, 0.717) is 4.34 Å². The third-order valence-corrected chi connectivity index (χ3v) is 4.64. The predicted molar refractivity (Wildman–Crippen MR) is 54.1 cm³/mol. The van der Waals surface area contributed by atoms with Gasteiger partial charge in [-0.1, -0.05) is 11.6 Å². The molecule has 0 aromatic carbocycles. The summed E-state index contributed by atoms with van der Waals surface area (Å²) in [6.07, 6.45) is 0. The summed E-state index contributed by atoms with van der Waals surface area (Å²) in [5.41, 5.74) is 0. The minimum atomic E-state index is -4.13. The van der Waals surface area contributed by atoms with E-state index in [1.165, 1.54) is 6.07 Å². The van der Waals surface area contributed by atoms with Crippen LogP contribution in [0.3, 0.4) is 0 Å². The van der Waals surface area contributed by atoms with Crippen molar-refractivity contribution in [2.24, 2.45) is 0 Å². The summed E-state index contributed by atoms with van der Waals surface area (Å²) in [4.78, 5) is 0. The molecule has 0 amide bonds. The first kappa shape index (κ1) is 12.7. The summed E-state index contributed by atoms with van der Waals surface area (Å²) in [5.74, 6) is 0. The molecule has 0 bridgehead atoms. The Labute approximate surface area is 93.0 Å². The molecule has 1 aromatic rings. The van der Waals surface area contributed by atoms with Gasteiger partial charge in [-0.15, -0.1) is 23.7 Å². The fraction of sp³-hybridized carbons (Fsp3) is 0. The first-order valence-electron chi connectivity index (χ1n) is 2.33. The smallest absolute Gasteiger partial charge is 0.281 e. The maximum atomic E-state index is 10.5.